The van der Waals surface area contributed by atoms with E-state index in [1.54, 1.807) is 18.2 Å². The normalized spacial score (nSPS) is 10.6. The lowest BCUT2D eigenvalue weighted by Gasteiger charge is -2.06. The number of fused-ring (bicyclic) bond motifs is 1. The zero-order chi connectivity index (χ0) is 14.8. The maximum Gasteiger partial charge on any atom is 0.275 e. The van der Waals surface area contributed by atoms with Crippen molar-refractivity contribution in [3.05, 3.63) is 65.2 Å². The Morgan fingerprint density at radius 3 is 2.71 bits per heavy atom. The Morgan fingerprint density at radius 2 is 1.90 bits per heavy atom. The number of carbonyl (C=O) groups excluding carboxylic acids is 1. The second-order valence-electron chi connectivity index (χ2n) is 4.32. The van der Waals surface area contributed by atoms with Gasteiger partial charge in [0.1, 0.15) is 11.5 Å². The van der Waals surface area contributed by atoms with Crippen LogP contribution in [-0.2, 0) is 0 Å². The van der Waals surface area contributed by atoms with Crippen LogP contribution in [0.4, 0.5) is 10.1 Å². The van der Waals surface area contributed by atoms with Crippen LogP contribution in [0.5, 0.6) is 0 Å². The van der Waals surface area contributed by atoms with Gasteiger partial charge in [-0.25, -0.2) is 9.37 Å². The van der Waals surface area contributed by atoms with Crippen molar-refractivity contribution in [2.24, 2.45) is 0 Å². The van der Waals surface area contributed by atoms with Crippen molar-refractivity contribution in [2.45, 2.75) is 0 Å². The smallest absolute Gasteiger partial charge is 0.275 e. The van der Waals surface area contributed by atoms with Gasteiger partial charge in [-0.2, -0.15) is 0 Å². The van der Waals surface area contributed by atoms with Crippen molar-refractivity contribution in [3.8, 4) is 0 Å². The molecule has 3 aromatic rings. The molecule has 0 spiro atoms. The fourth-order valence-corrected chi connectivity index (χ4v) is 2.02. The Balaban J connectivity index is 1.91. The van der Waals surface area contributed by atoms with E-state index in [9.17, 15) is 9.18 Å². The number of benzene rings is 2. The lowest BCUT2D eigenvalue weighted by molar-refractivity contribution is 0.102. The number of anilines is 1. The molecule has 104 valence electrons. The van der Waals surface area contributed by atoms with Crippen LogP contribution in [-0.4, -0.2) is 15.9 Å². The molecule has 21 heavy (non-hydrogen) atoms. The van der Waals surface area contributed by atoms with Gasteiger partial charge in [-0.15, -0.1) is 0 Å². The number of aromatic nitrogens is 2. The number of halogens is 2. The predicted octanol–water partition coefficient (Wildman–Crippen LogP) is 3.67. The summed E-state index contributed by atoms with van der Waals surface area (Å²) in [5.41, 5.74) is 1.38. The summed E-state index contributed by atoms with van der Waals surface area (Å²) in [4.78, 5) is 20.4. The molecule has 4 nitrogen and oxygen atoms in total. The van der Waals surface area contributed by atoms with Crippen LogP contribution in [0, 0.1) is 5.82 Å². The summed E-state index contributed by atoms with van der Waals surface area (Å²) in [5.74, 6) is -1.11. The van der Waals surface area contributed by atoms with Gasteiger partial charge < -0.3 is 5.32 Å². The van der Waals surface area contributed by atoms with E-state index >= 15 is 0 Å². The molecular weight excluding hydrogens is 293 g/mol. The van der Waals surface area contributed by atoms with Crippen molar-refractivity contribution in [3.63, 3.8) is 0 Å². The largest absolute Gasteiger partial charge is 0.318 e. The molecule has 0 fully saturated rings. The molecule has 1 heterocycles. The van der Waals surface area contributed by atoms with E-state index in [4.69, 9.17) is 11.6 Å². The van der Waals surface area contributed by atoms with E-state index in [1.807, 2.05) is 6.07 Å². The number of amides is 1. The van der Waals surface area contributed by atoms with Crippen LogP contribution in [0.15, 0.2) is 48.7 Å². The molecule has 1 aromatic heterocycles. The average Bonchev–Trinajstić information content (AvgIpc) is 2.50. The Bertz CT molecular complexity index is 838. The van der Waals surface area contributed by atoms with Gasteiger partial charge >= 0.3 is 0 Å². The van der Waals surface area contributed by atoms with Gasteiger partial charge in [0.05, 0.1) is 22.9 Å². The predicted molar refractivity (Wildman–Crippen MR) is 78.9 cm³/mol. The molecule has 1 N–H and O–H groups in total. The third-order valence-corrected chi connectivity index (χ3v) is 3.09. The summed E-state index contributed by atoms with van der Waals surface area (Å²) in [6.07, 6.45) is 1.35. The highest BCUT2D eigenvalue weighted by Gasteiger charge is 2.12. The van der Waals surface area contributed by atoms with Crippen LogP contribution in [0.1, 0.15) is 10.5 Å². The molecule has 0 bridgehead atoms. The Morgan fingerprint density at radius 1 is 1.14 bits per heavy atom. The molecule has 0 aliphatic heterocycles. The monoisotopic (exact) mass is 301 g/mol. The molecule has 2 aromatic carbocycles. The van der Waals surface area contributed by atoms with E-state index in [1.165, 1.54) is 24.4 Å². The number of nitrogens with zero attached hydrogens (tertiary/aromatic N) is 2. The van der Waals surface area contributed by atoms with E-state index in [2.05, 4.69) is 15.3 Å². The molecule has 0 saturated carbocycles. The van der Waals surface area contributed by atoms with E-state index in [-0.39, 0.29) is 11.4 Å². The van der Waals surface area contributed by atoms with Crippen molar-refractivity contribution in [2.75, 3.05) is 5.32 Å². The highest BCUT2D eigenvalue weighted by Crippen LogP contribution is 2.20. The molecule has 0 unspecified atom stereocenters. The van der Waals surface area contributed by atoms with Crippen molar-refractivity contribution >= 4 is 34.2 Å². The fraction of sp³-hybridized carbons (Fsp3) is 0. The molecule has 0 radical (unpaired) electrons. The van der Waals surface area contributed by atoms with E-state index in [0.29, 0.717) is 16.1 Å². The van der Waals surface area contributed by atoms with Crippen LogP contribution < -0.4 is 5.32 Å². The standard InChI is InChI=1S/C15H9ClFN3O/c16-9-5-6-10(17)13(7-9)20-15(21)14-8-18-11-3-1-2-4-12(11)19-14/h1-8H,(H,20,21). The quantitative estimate of drug-likeness (QED) is 0.785. The molecular formula is C15H9ClFN3O. The Hall–Kier alpha value is -2.53. The van der Waals surface area contributed by atoms with Gasteiger partial charge in [0.25, 0.3) is 5.91 Å². The summed E-state index contributed by atoms with van der Waals surface area (Å²) < 4.78 is 13.6. The summed E-state index contributed by atoms with van der Waals surface area (Å²) in [5, 5.41) is 2.76. The number of rotatable bonds is 2. The zero-order valence-corrected chi connectivity index (χ0v) is 11.4. The van der Waals surface area contributed by atoms with Crippen LogP contribution in [0.3, 0.4) is 0 Å². The maximum atomic E-state index is 13.6. The molecule has 0 aliphatic rings. The number of para-hydroxylation sites is 2. The highest BCUT2D eigenvalue weighted by molar-refractivity contribution is 6.31. The molecule has 3 rings (SSSR count). The first-order chi connectivity index (χ1) is 10.1. The zero-order valence-electron chi connectivity index (χ0n) is 10.7. The first-order valence-corrected chi connectivity index (χ1v) is 6.49. The SMILES string of the molecule is O=C(Nc1cc(Cl)ccc1F)c1cnc2ccccc2n1. The topological polar surface area (TPSA) is 54.9 Å². The second-order valence-corrected chi connectivity index (χ2v) is 4.76. The highest BCUT2D eigenvalue weighted by atomic mass is 35.5. The first-order valence-electron chi connectivity index (χ1n) is 6.12. The van der Waals surface area contributed by atoms with Gasteiger partial charge in [-0.1, -0.05) is 23.7 Å². The minimum atomic E-state index is -0.568. The fourth-order valence-electron chi connectivity index (χ4n) is 1.85. The number of hydrogen-bond acceptors (Lipinski definition) is 3. The van der Waals surface area contributed by atoms with Crippen molar-refractivity contribution in [1.29, 1.82) is 0 Å². The third kappa shape index (κ3) is 2.83. The van der Waals surface area contributed by atoms with Crippen molar-refractivity contribution in [1.82, 2.24) is 9.97 Å². The number of nitrogens with one attached hydrogen (secondary N) is 1. The first kappa shape index (κ1) is 13.5. The molecule has 1 amide bonds. The molecule has 0 atom stereocenters. The van der Waals surface area contributed by atoms with Gasteiger partial charge in [0, 0.05) is 5.02 Å². The number of carbonyl (C=O) groups is 1. The van der Waals surface area contributed by atoms with Crippen LogP contribution in [0.25, 0.3) is 11.0 Å². The van der Waals surface area contributed by atoms with Gasteiger partial charge in [-0.3, -0.25) is 9.78 Å². The van der Waals surface area contributed by atoms with Crippen LogP contribution >= 0.6 is 11.6 Å². The maximum absolute atomic E-state index is 13.6. The summed E-state index contributed by atoms with van der Waals surface area (Å²) in [6, 6.07) is 11.1. The van der Waals surface area contributed by atoms with Gasteiger partial charge in [0.2, 0.25) is 0 Å². The Labute approximate surface area is 124 Å². The minimum Gasteiger partial charge on any atom is -0.318 e. The number of hydrogen-bond donors (Lipinski definition) is 1. The molecule has 0 saturated heterocycles. The lowest BCUT2D eigenvalue weighted by atomic mass is 10.2. The van der Waals surface area contributed by atoms with Crippen molar-refractivity contribution < 1.29 is 9.18 Å². The van der Waals surface area contributed by atoms with E-state index < -0.39 is 11.7 Å². The van der Waals surface area contributed by atoms with E-state index in [0.717, 1.165) is 0 Å². The Kier molecular flexibility index (Phi) is 3.50. The summed E-state index contributed by atoms with van der Waals surface area (Å²) in [7, 11) is 0. The summed E-state index contributed by atoms with van der Waals surface area (Å²) >= 11 is 5.78. The second kappa shape index (κ2) is 5.46. The van der Waals surface area contributed by atoms with Crippen LogP contribution in [0.2, 0.25) is 5.02 Å². The third-order valence-electron chi connectivity index (χ3n) is 2.86. The molecule has 0 aliphatic carbocycles. The minimum absolute atomic E-state index is 0.00228. The molecule has 6 heteroatoms. The van der Waals surface area contributed by atoms with Gasteiger partial charge in [0.15, 0.2) is 0 Å². The lowest BCUT2D eigenvalue weighted by Crippen LogP contribution is -2.15. The van der Waals surface area contributed by atoms with Gasteiger partial charge in [-0.05, 0) is 30.3 Å². The average molecular weight is 302 g/mol. The summed E-state index contributed by atoms with van der Waals surface area (Å²) in [6.45, 7) is 0.